The lowest BCUT2D eigenvalue weighted by molar-refractivity contribution is -0.494. The second-order valence-corrected chi connectivity index (χ2v) is 11.0. The summed E-state index contributed by atoms with van der Waals surface area (Å²) in [7, 11) is 0. The van der Waals surface area contributed by atoms with E-state index in [0.29, 0.717) is 6.92 Å². The lowest BCUT2D eigenvalue weighted by atomic mass is 9.82. The molecular formula is C20H2F39. The molecule has 0 aromatic heterocycles. The van der Waals surface area contributed by atoms with E-state index in [1.54, 1.807) is 0 Å². The number of hydrogen-bond donors (Lipinski definition) is 0. The van der Waals surface area contributed by atoms with Crippen molar-refractivity contribution in [3.8, 4) is 0 Å². The molecule has 0 heterocycles. The van der Waals surface area contributed by atoms with Crippen molar-refractivity contribution in [1.29, 1.82) is 0 Å². The van der Waals surface area contributed by atoms with Crippen molar-refractivity contribution in [2.45, 2.75) is 113 Å². The summed E-state index contributed by atoms with van der Waals surface area (Å²) in [6.07, 6.45) is -8.49. The van der Waals surface area contributed by atoms with Crippen LogP contribution in [0.3, 0.4) is 0 Å². The van der Waals surface area contributed by atoms with Crippen LogP contribution in [-0.4, -0.2) is 113 Å². The van der Waals surface area contributed by atoms with Gasteiger partial charge in [0.2, 0.25) is 0 Å². The summed E-state index contributed by atoms with van der Waals surface area (Å²) < 4.78 is 523. The Balaban J connectivity index is 7.92. The van der Waals surface area contributed by atoms with Gasteiger partial charge in [0, 0.05) is 6.92 Å². The van der Waals surface area contributed by atoms with E-state index >= 15 is 0 Å². The normalized spacial score (nSPS) is 17.5. The van der Waals surface area contributed by atoms with Gasteiger partial charge in [-0.1, -0.05) is 0 Å². The van der Waals surface area contributed by atoms with Crippen LogP contribution < -0.4 is 0 Å². The Labute approximate surface area is 292 Å². The summed E-state index contributed by atoms with van der Waals surface area (Å²) in [5.74, 6) is -177. The van der Waals surface area contributed by atoms with Crippen LogP contribution in [0.25, 0.3) is 0 Å². The van der Waals surface area contributed by atoms with Gasteiger partial charge in [-0.15, -0.1) is 0 Å². The fourth-order valence-electron chi connectivity index (χ4n) is 3.37. The van der Waals surface area contributed by atoms with Crippen LogP contribution in [0.1, 0.15) is 0 Å². The number of alkyl halides is 39. The van der Waals surface area contributed by atoms with Crippen molar-refractivity contribution >= 4 is 0 Å². The van der Waals surface area contributed by atoms with Crippen LogP contribution in [0.2, 0.25) is 0 Å². The summed E-state index contributed by atoms with van der Waals surface area (Å²) in [6, 6.07) is 0. The third kappa shape index (κ3) is 6.18. The van der Waals surface area contributed by atoms with Gasteiger partial charge in [-0.05, 0) is 0 Å². The standard InChI is InChI=1S/C20H2F39/c1-2(21,22)3(23,24)4(25,26)5(27,28)6(29,30)7(31,32)8(33,34)9(35,36)10(37,38)11(39,40)12(41,42)13(43,44)14(45,46)15(47,48)16(49,50)17(51,52)18(53,54)19(55,56)20(57,58)59/h1H2. The van der Waals surface area contributed by atoms with Crippen LogP contribution >= 0.6 is 0 Å². The summed E-state index contributed by atoms with van der Waals surface area (Å²) in [5.41, 5.74) is 0. The smallest absolute Gasteiger partial charge is 0.200 e. The van der Waals surface area contributed by atoms with Crippen LogP contribution in [0, 0.1) is 6.92 Å². The SMILES string of the molecule is [CH2]C(F)(F)C(F)(F)C(F)(F)C(F)(F)C(F)(F)C(F)(F)C(F)(F)C(F)(F)C(F)(F)C(F)(F)C(F)(F)C(F)(F)C(F)(F)C(F)(F)C(F)(F)C(F)(F)C(F)(F)C(F)(F)C(F)(F)F. The zero-order valence-electron chi connectivity index (χ0n) is 24.9. The molecule has 0 atom stereocenters. The fourth-order valence-corrected chi connectivity index (χ4v) is 3.37. The van der Waals surface area contributed by atoms with E-state index in [0.717, 1.165) is 0 Å². The van der Waals surface area contributed by atoms with Crippen molar-refractivity contribution in [2.75, 3.05) is 0 Å². The molecule has 0 aromatic carbocycles. The summed E-state index contributed by atoms with van der Waals surface area (Å²) >= 11 is 0. The Morgan fingerprint density at radius 1 is 0.136 bits per heavy atom. The first-order chi connectivity index (χ1) is 24.5. The van der Waals surface area contributed by atoms with Gasteiger partial charge in [0.15, 0.2) is 0 Å². The van der Waals surface area contributed by atoms with Crippen molar-refractivity contribution in [3.05, 3.63) is 6.92 Å². The largest absolute Gasteiger partial charge is 0.460 e. The highest BCUT2D eigenvalue weighted by Gasteiger charge is 3.03. The molecule has 0 aliphatic rings. The molecule has 0 fully saturated rings. The maximum atomic E-state index is 13.9. The predicted molar refractivity (Wildman–Crippen MR) is 100 cm³/mol. The molecule has 0 spiro atoms. The number of rotatable bonds is 17. The summed E-state index contributed by atoms with van der Waals surface area (Å²) in [6.45, 7) is 0.548. The molecular weight excluding hydrogens is 981 g/mol. The highest BCUT2D eigenvalue weighted by molar-refractivity contribution is 5.23. The highest BCUT2D eigenvalue weighted by Crippen LogP contribution is 2.71. The molecule has 0 N–H and O–H groups in total. The average Bonchev–Trinajstić information content (AvgIpc) is 2.98. The Hall–Kier alpha value is -2.73. The molecule has 59 heavy (non-hydrogen) atoms. The first kappa shape index (κ1) is 56.3. The van der Waals surface area contributed by atoms with Gasteiger partial charge in [-0.25, -0.2) is 0 Å². The molecule has 0 bridgehead atoms. The first-order valence-corrected chi connectivity index (χ1v) is 12.2. The van der Waals surface area contributed by atoms with E-state index < -0.39 is 113 Å². The van der Waals surface area contributed by atoms with Gasteiger partial charge in [0.05, 0.1) is 0 Å². The zero-order chi connectivity index (χ0) is 49.5. The zero-order valence-corrected chi connectivity index (χ0v) is 24.9. The number of hydrogen-bond acceptors (Lipinski definition) is 0. The molecule has 0 aliphatic carbocycles. The van der Waals surface area contributed by atoms with E-state index in [2.05, 4.69) is 0 Å². The Kier molecular flexibility index (Phi) is 12.5. The Bertz CT molecular complexity index is 1410. The van der Waals surface area contributed by atoms with E-state index in [9.17, 15) is 171 Å². The molecule has 0 nitrogen and oxygen atoms in total. The Morgan fingerprint density at radius 2 is 0.220 bits per heavy atom. The van der Waals surface area contributed by atoms with Crippen molar-refractivity contribution < 1.29 is 171 Å². The predicted octanol–water partition coefficient (Wildman–Crippen LogP) is 12.8. The summed E-state index contributed by atoms with van der Waals surface area (Å²) in [4.78, 5) is 0. The molecule has 0 amide bonds. The van der Waals surface area contributed by atoms with Crippen LogP contribution in [0.15, 0.2) is 0 Å². The van der Waals surface area contributed by atoms with Gasteiger partial charge in [-0.2, -0.15) is 171 Å². The van der Waals surface area contributed by atoms with Crippen molar-refractivity contribution in [1.82, 2.24) is 0 Å². The average molecular weight is 983 g/mol. The van der Waals surface area contributed by atoms with E-state index in [1.165, 1.54) is 0 Å². The molecule has 0 aliphatic heterocycles. The molecule has 0 aromatic rings. The molecule has 0 rings (SSSR count). The third-order valence-corrected chi connectivity index (χ3v) is 7.12. The lowest BCUT2D eigenvalue weighted by Gasteiger charge is -2.47. The van der Waals surface area contributed by atoms with Crippen LogP contribution in [0.5, 0.6) is 0 Å². The molecule has 355 valence electrons. The van der Waals surface area contributed by atoms with Gasteiger partial charge in [0.1, 0.15) is 0 Å². The van der Waals surface area contributed by atoms with E-state index in [4.69, 9.17) is 0 Å². The summed E-state index contributed by atoms with van der Waals surface area (Å²) in [5, 5.41) is 0. The second kappa shape index (κ2) is 13.1. The van der Waals surface area contributed by atoms with Gasteiger partial charge >= 0.3 is 113 Å². The van der Waals surface area contributed by atoms with E-state index in [1.807, 2.05) is 0 Å². The number of halogens is 39. The lowest BCUT2D eigenvalue weighted by Crippen LogP contribution is -2.80. The molecule has 39 heteroatoms. The van der Waals surface area contributed by atoms with Crippen molar-refractivity contribution in [3.63, 3.8) is 0 Å². The fraction of sp³-hybridized carbons (Fsp3) is 0.950. The first-order valence-electron chi connectivity index (χ1n) is 12.2. The van der Waals surface area contributed by atoms with Gasteiger partial charge < -0.3 is 0 Å². The highest BCUT2D eigenvalue weighted by atomic mass is 19.4. The molecule has 1 radical (unpaired) electrons. The quantitative estimate of drug-likeness (QED) is 0.127. The van der Waals surface area contributed by atoms with Crippen LogP contribution in [-0.2, 0) is 0 Å². The van der Waals surface area contributed by atoms with Gasteiger partial charge in [-0.3, -0.25) is 0 Å². The van der Waals surface area contributed by atoms with Gasteiger partial charge in [0.25, 0.3) is 0 Å². The minimum atomic E-state index is -10.5. The molecule has 0 unspecified atom stereocenters. The van der Waals surface area contributed by atoms with Crippen LogP contribution in [0.4, 0.5) is 171 Å². The minimum absolute atomic E-state index is 0.548. The molecule has 0 saturated heterocycles. The maximum absolute atomic E-state index is 13.9. The monoisotopic (exact) mass is 983 g/mol. The topological polar surface area (TPSA) is 0 Å². The van der Waals surface area contributed by atoms with Crippen molar-refractivity contribution in [2.24, 2.45) is 0 Å². The van der Waals surface area contributed by atoms with E-state index in [-0.39, 0.29) is 0 Å². The minimum Gasteiger partial charge on any atom is -0.200 e. The maximum Gasteiger partial charge on any atom is 0.460 e. The molecule has 0 saturated carbocycles. The second-order valence-electron chi connectivity index (χ2n) is 11.0. The Morgan fingerprint density at radius 3 is 0.305 bits per heavy atom. The third-order valence-electron chi connectivity index (χ3n) is 7.12.